The van der Waals surface area contributed by atoms with E-state index in [1.807, 2.05) is 41.7 Å². The van der Waals surface area contributed by atoms with Crippen LogP contribution in [0.25, 0.3) is 0 Å². The summed E-state index contributed by atoms with van der Waals surface area (Å²) < 4.78 is 11.7. The fourth-order valence-corrected chi connectivity index (χ4v) is 7.37. The third kappa shape index (κ3) is 4.45. The maximum atomic E-state index is 12.8. The largest absolute Gasteiger partial charge is 0.507 e. The van der Waals surface area contributed by atoms with Crippen LogP contribution >= 0.6 is 0 Å². The summed E-state index contributed by atoms with van der Waals surface area (Å²) in [5.74, 6) is 1.71. The summed E-state index contributed by atoms with van der Waals surface area (Å²) in [4.78, 5) is 17.1. The normalized spacial score (nSPS) is 26.6. The molecule has 4 aliphatic rings. The Balaban J connectivity index is 0.00000323. The number of phenolic OH excluding ortho intramolecular Hbond substituents is 2. The Morgan fingerprint density at radius 1 is 1.05 bits per heavy atom. The van der Waals surface area contributed by atoms with Crippen LogP contribution in [-0.2, 0) is 17.6 Å². The number of rotatable bonds is 4. The number of carbonyl (C=O) groups excluding carboxylic acids is 1. The number of carbonyl (C=O) groups is 1. The molecule has 1 amide bonds. The fraction of sp³-hybridized carbons (Fsp3) is 0.567. The molecule has 2 unspecified atom stereocenters. The van der Waals surface area contributed by atoms with Crippen LogP contribution < -0.4 is 14.8 Å². The Hall–Kier alpha value is -1.57. The van der Waals surface area contributed by atoms with Crippen LogP contribution in [0, 0.1) is 70.8 Å². The maximum absolute atomic E-state index is 12.8. The van der Waals surface area contributed by atoms with Gasteiger partial charge in [0.15, 0.2) is 11.5 Å². The minimum Gasteiger partial charge on any atom is -0.507 e. The smallest absolute Gasteiger partial charge is 0.231 e. The molecule has 5 atom stereocenters. The Bertz CT molecular complexity index is 1360. The van der Waals surface area contributed by atoms with Gasteiger partial charge in [0.1, 0.15) is 17.7 Å². The van der Waals surface area contributed by atoms with Gasteiger partial charge in [0.25, 0.3) is 0 Å². The SMILES string of the molecule is Cc1cc2c(c(O)c1C)C1C3Cc4c(O)c(C)c5c(c4[C@H](CNC(=O)CC(C)C)N3[C@@H](O)[C@H](C2)N1C)OCO5.[Ac]. The molecule has 1 saturated heterocycles. The van der Waals surface area contributed by atoms with Crippen LogP contribution in [0.2, 0.25) is 0 Å². The zero-order chi connectivity index (χ0) is 27.9. The zero-order valence-electron chi connectivity index (χ0n) is 24.1. The second-order valence-electron chi connectivity index (χ2n) is 12.1. The van der Waals surface area contributed by atoms with Crippen molar-refractivity contribution in [2.45, 2.75) is 84.3 Å². The first kappa shape index (κ1) is 29.9. The number of ether oxygens (including phenoxy) is 2. The average molecular weight is 765 g/mol. The van der Waals surface area contributed by atoms with Crippen LogP contribution in [-0.4, -0.2) is 69.7 Å². The molecule has 0 aliphatic carbocycles. The Kier molecular flexibility index (Phi) is 8.17. The molecule has 2 bridgehead atoms. The molecule has 4 aliphatic heterocycles. The number of aliphatic hydroxyl groups excluding tert-OH is 1. The van der Waals surface area contributed by atoms with E-state index in [0.29, 0.717) is 42.1 Å². The molecular weight excluding hydrogens is 725 g/mol. The Labute approximate surface area is 271 Å². The number of phenols is 2. The minimum atomic E-state index is -0.838. The quantitative estimate of drug-likeness (QED) is 0.376. The van der Waals surface area contributed by atoms with Crippen molar-refractivity contribution in [3.8, 4) is 23.0 Å². The molecule has 6 rings (SSSR count). The van der Waals surface area contributed by atoms with Crippen molar-refractivity contribution >= 4 is 5.91 Å². The fourth-order valence-electron chi connectivity index (χ4n) is 7.37. The molecule has 2 aromatic rings. The maximum Gasteiger partial charge on any atom is 0.231 e. The van der Waals surface area contributed by atoms with Crippen molar-refractivity contribution in [1.82, 2.24) is 15.1 Å². The minimum absolute atomic E-state index is 0. The molecule has 0 aromatic heterocycles. The van der Waals surface area contributed by atoms with E-state index < -0.39 is 12.3 Å². The molecule has 10 heteroatoms. The van der Waals surface area contributed by atoms with Gasteiger partial charge >= 0.3 is 0 Å². The molecule has 1 fully saturated rings. The van der Waals surface area contributed by atoms with E-state index in [-0.39, 0.29) is 93.1 Å². The predicted octanol–water partition coefficient (Wildman–Crippen LogP) is 3.11. The first-order valence-corrected chi connectivity index (χ1v) is 13.9. The van der Waals surface area contributed by atoms with Crippen molar-refractivity contribution in [3.05, 3.63) is 45.0 Å². The first-order chi connectivity index (χ1) is 18.5. The van der Waals surface area contributed by atoms with Gasteiger partial charge in [-0.25, -0.2) is 0 Å². The number of aryl methyl sites for hydroxylation is 1. The van der Waals surface area contributed by atoms with Crippen LogP contribution in [0.4, 0.5) is 0 Å². The molecule has 0 spiro atoms. The molecule has 213 valence electrons. The number of aliphatic hydroxyl groups is 1. The summed E-state index contributed by atoms with van der Waals surface area (Å²) in [6.07, 6.45) is 0.600. The van der Waals surface area contributed by atoms with Crippen LogP contribution in [0.3, 0.4) is 0 Å². The van der Waals surface area contributed by atoms with Gasteiger partial charge in [-0.3, -0.25) is 14.6 Å². The topological polar surface area (TPSA) is 115 Å². The van der Waals surface area contributed by atoms with E-state index in [2.05, 4.69) is 21.2 Å². The van der Waals surface area contributed by atoms with E-state index in [1.165, 1.54) is 0 Å². The standard InChI is InChI=1S/C30H39N3O6.Ac/c1-13(2)7-22(34)31-11-21-24-18(26(35)16(5)28-29(24)39-12-38-28)10-19-25-23-17(8-14(3)15(4)27(23)36)9-20(32(25)6)30(37)33(19)21;/h8,13,19-21,25,30,35-37H,7,9-12H2,1-6H3,(H,31,34);/t19?,20-,21-,25?,30-;/m0./s1. The van der Waals surface area contributed by atoms with E-state index >= 15 is 0 Å². The molecule has 9 nitrogen and oxygen atoms in total. The molecule has 0 saturated carbocycles. The van der Waals surface area contributed by atoms with Crippen molar-refractivity contribution in [2.75, 3.05) is 20.4 Å². The Morgan fingerprint density at radius 3 is 2.45 bits per heavy atom. The van der Waals surface area contributed by atoms with Gasteiger partial charge in [0.2, 0.25) is 12.7 Å². The summed E-state index contributed by atoms with van der Waals surface area (Å²) in [6.45, 7) is 10.1. The van der Waals surface area contributed by atoms with E-state index in [0.717, 1.165) is 33.4 Å². The molecule has 40 heavy (non-hydrogen) atoms. The molecular formula is C30H39AcN3O6. The third-order valence-electron chi connectivity index (χ3n) is 9.38. The number of fused-ring (bicyclic) bond motifs is 9. The van der Waals surface area contributed by atoms with Crippen molar-refractivity contribution < 1.29 is 73.7 Å². The number of amides is 1. The van der Waals surface area contributed by atoms with Gasteiger partial charge in [-0.05, 0) is 63.3 Å². The predicted molar refractivity (Wildman–Crippen MR) is 145 cm³/mol. The summed E-state index contributed by atoms with van der Waals surface area (Å²) in [5, 5.41) is 37.9. The summed E-state index contributed by atoms with van der Waals surface area (Å²) >= 11 is 0. The second kappa shape index (κ2) is 10.9. The zero-order valence-corrected chi connectivity index (χ0v) is 28.9. The monoisotopic (exact) mass is 764 g/mol. The van der Waals surface area contributed by atoms with E-state index in [1.54, 1.807) is 0 Å². The van der Waals surface area contributed by atoms with Gasteiger partial charge < -0.3 is 30.1 Å². The van der Waals surface area contributed by atoms with Gasteiger partial charge in [0, 0.05) is 85.3 Å². The number of aromatic hydroxyl groups is 2. The Morgan fingerprint density at radius 2 is 1.75 bits per heavy atom. The van der Waals surface area contributed by atoms with Gasteiger partial charge in [0.05, 0.1) is 18.1 Å². The van der Waals surface area contributed by atoms with Gasteiger partial charge in [-0.1, -0.05) is 19.9 Å². The van der Waals surface area contributed by atoms with Crippen LogP contribution in [0.1, 0.15) is 71.3 Å². The van der Waals surface area contributed by atoms with Crippen molar-refractivity contribution in [3.63, 3.8) is 0 Å². The molecule has 2 aromatic carbocycles. The van der Waals surface area contributed by atoms with Crippen molar-refractivity contribution in [2.24, 2.45) is 5.92 Å². The molecule has 1 radical (unpaired) electrons. The number of piperazine rings is 1. The molecule has 4 heterocycles. The number of nitrogens with zero attached hydrogens (tertiary/aromatic N) is 2. The second-order valence-corrected chi connectivity index (χ2v) is 12.1. The number of nitrogens with one attached hydrogen (secondary N) is 1. The number of hydrogen-bond acceptors (Lipinski definition) is 8. The van der Waals surface area contributed by atoms with Gasteiger partial charge in [-0.2, -0.15) is 0 Å². The number of likely N-dealkylation sites (N-methyl/N-ethyl adjacent to an activating group) is 1. The summed E-state index contributed by atoms with van der Waals surface area (Å²) in [7, 11) is 2.01. The van der Waals surface area contributed by atoms with Crippen LogP contribution in [0.5, 0.6) is 23.0 Å². The number of benzene rings is 2. The van der Waals surface area contributed by atoms with E-state index in [4.69, 9.17) is 9.47 Å². The van der Waals surface area contributed by atoms with E-state index in [9.17, 15) is 20.1 Å². The molecule has 4 N–H and O–H groups in total. The number of hydrogen-bond donors (Lipinski definition) is 4. The summed E-state index contributed by atoms with van der Waals surface area (Å²) in [5.41, 5.74) is 5.96. The first-order valence-electron chi connectivity index (χ1n) is 13.9. The average Bonchev–Trinajstić information content (AvgIpc) is 3.37. The van der Waals surface area contributed by atoms with Gasteiger partial charge in [-0.15, -0.1) is 0 Å². The van der Waals surface area contributed by atoms with Crippen molar-refractivity contribution in [1.29, 1.82) is 0 Å². The van der Waals surface area contributed by atoms with Crippen LogP contribution in [0.15, 0.2) is 6.07 Å². The third-order valence-corrected chi connectivity index (χ3v) is 9.38. The summed E-state index contributed by atoms with van der Waals surface area (Å²) in [6, 6.07) is 0.993.